The number of benzene rings is 3. The number of carbonyl (C=O) groups is 2. The van der Waals surface area contributed by atoms with Crippen LogP contribution in [0.5, 0.6) is 0 Å². The fraction of sp³-hybridized carbons (Fsp3) is 0.0417. The van der Waals surface area contributed by atoms with E-state index in [1.54, 1.807) is 42.4 Å². The molecule has 0 fully saturated rings. The molecule has 0 saturated heterocycles. The van der Waals surface area contributed by atoms with Gasteiger partial charge < -0.3 is 10.2 Å². The van der Waals surface area contributed by atoms with E-state index < -0.39 is 0 Å². The van der Waals surface area contributed by atoms with Gasteiger partial charge in [0.25, 0.3) is 11.8 Å². The molecule has 1 heterocycles. The minimum Gasteiger partial charge on any atom is -0.320 e. The molecule has 0 saturated carbocycles. The molecule has 0 aliphatic heterocycles. The molecule has 5 heteroatoms. The normalized spacial score (nSPS) is 10.5. The first kappa shape index (κ1) is 18.4. The Labute approximate surface area is 168 Å². The monoisotopic (exact) mass is 381 g/mol. The Bertz CT molecular complexity index is 1180. The van der Waals surface area contributed by atoms with Gasteiger partial charge in [-0.2, -0.15) is 0 Å². The lowest BCUT2D eigenvalue weighted by Gasteiger charge is -2.17. The summed E-state index contributed by atoms with van der Waals surface area (Å²) in [5.41, 5.74) is 2.99. The number of anilines is 2. The van der Waals surface area contributed by atoms with Crippen LogP contribution >= 0.6 is 0 Å². The second kappa shape index (κ2) is 7.94. The van der Waals surface area contributed by atoms with Crippen LogP contribution in [0.2, 0.25) is 0 Å². The predicted molar refractivity (Wildman–Crippen MR) is 115 cm³/mol. The van der Waals surface area contributed by atoms with Crippen molar-refractivity contribution < 1.29 is 9.59 Å². The smallest absolute Gasteiger partial charge is 0.258 e. The molecule has 142 valence electrons. The molecule has 1 aromatic heterocycles. The van der Waals surface area contributed by atoms with E-state index in [-0.39, 0.29) is 11.8 Å². The minimum absolute atomic E-state index is 0.183. The van der Waals surface area contributed by atoms with Crippen LogP contribution < -0.4 is 10.2 Å². The molecular formula is C24H19N3O2. The van der Waals surface area contributed by atoms with Gasteiger partial charge in [-0.15, -0.1) is 0 Å². The van der Waals surface area contributed by atoms with Gasteiger partial charge in [0, 0.05) is 35.4 Å². The van der Waals surface area contributed by atoms with Crippen LogP contribution in [0.4, 0.5) is 11.4 Å². The van der Waals surface area contributed by atoms with Crippen molar-refractivity contribution in [2.24, 2.45) is 0 Å². The summed E-state index contributed by atoms with van der Waals surface area (Å²) in [6, 6.07) is 25.5. The Morgan fingerprint density at radius 2 is 1.55 bits per heavy atom. The maximum absolute atomic E-state index is 12.8. The van der Waals surface area contributed by atoms with Gasteiger partial charge in [-0.05, 0) is 42.5 Å². The quantitative estimate of drug-likeness (QED) is 0.554. The van der Waals surface area contributed by atoms with Crippen molar-refractivity contribution in [1.29, 1.82) is 0 Å². The molecule has 4 rings (SSSR count). The highest BCUT2D eigenvalue weighted by molar-refractivity contribution is 6.11. The molecule has 0 aliphatic rings. The summed E-state index contributed by atoms with van der Waals surface area (Å²) in [6.07, 6.45) is 1.69. The molecule has 29 heavy (non-hydrogen) atoms. The molecular weight excluding hydrogens is 362 g/mol. The maximum atomic E-state index is 12.8. The van der Waals surface area contributed by atoms with E-state index >= 15 is 0 Å². The van der Waals surface area contributed by atoms with Crippen LogP contribution in [0.1, 0.15) is 20.7 Å². The largest absolute Gasteiger partial charge is 0.320 e. The fourth-order valence-corrected chi connectivity index (χ4v) is 3.16. The molecule has 3 aromatic carbocycles. The topological polar surface area (TPSA) is 62.3 Å². The van der Waals surface area contributed by atoms with Crippen molar-refractivity contribution in [1.82, 2.24) is 4.98 Å². The number of fused-ring (bicyclic) bond motifs is 1. The lowest BCUT2D eigenvalue weighted by atomic mass is 10.1. The molecule has 0 atom stereocenters. The molecule has 0 aliphatic carbocycles. The molecule has 0 unspecified atom stereocenters. The molecule has 1 N–H and O–H groups in total. The fourth-order valence-electron chi connectivity index (χ4n) is 3.16. The van der Waals surface area contributed by atoms with Crippen LogP contribution in [0.15, 0.2) is 91.1 Å². The molecule has 0 bridgehead atoms. The average Bonchev–Trinajstić information content (AvgIpc) is 2.79. The molecule has 5 nitrogen and oxygen atoms in total. The number of aromatic nitrogens is 1. The summed E-state index contributed by atoms with van der Waals surface area (Å²) in [5, 5.41) is 3.85. The first-order valence-corrected chi connectivity index (χ1v) is 9.22. The third-order valence-electron chi connectivity index (χ3n) is 4.70. The number of carbonyl (C=O) groups excluding carboxylic acids is 2. The highest BCUT2D eigenvalue weighted by Gasteiger charge is 2.16. The number of pyridine rings is 1. The van der Waals surface area contributed by atoms with E-state index in [0.29, 0.717) is 16.8 Å². The highest BCUT2D eigenvalue weighted by atomic mass is 16.2. The van der Waals surface area contributed by atoms with Crippen LogP contribution in [0.3, 0.4) is 0 Å². The van der Waals surface area contributed by atoms with Crippen molar-refractivity contribution in [3.05, 3.63) is 102 Å². The standard InChI is InChI=1S/C24H19N3O2/c1-27(20-12-3-2-4-13-20)24(29)19-10-5-9-18(16-19)23(28)26-21-14-6-8-17-11-7-15-25-22(17)21/h2-16H,1H3,(H,26,28). The first-order chi connectivity index (χ1) is 14.1. The number of amides is 2. The van der Waals surface area contributed by atoms with Crippen LogP contribution in [0.25, 0.3) is 10.9 Å². The van der Waals surface area contributed by atoms with Crippen molar-refractivity contribution in [2.75, 3.05) is 17.3 Å². The highest BCUT2D eigenvalue weighted by Crippen LogP contribution is 2.22. The number of hydrogen-bond acceptors (Lipinski definition) is 3. The number of hydrogen-bond donors (Lipinski definition) is 1. The zero-order chi connectivity index (χ0) is 20.2. The van der Waals surface area contributed by atoms with E-state index in [9.17, 15) is 9.59 Å². The van der Waals surface area contributed by atoms with Gasteiger partial charge in [0.2, 0.25) is 0 Å². The predicted octanol–water partition coefficient (Wildman–Crippen LogP) is 4.76. The summed E-state index contributed by atoms with van der Waals surface area (Å²) in [5.74, 6) is -0.474. The van der Waals surface area contributed by atoms with Crippen LogP contribution in [-0.4, -0.2) is 23.8 Å². The number of nitrogens with one attached hydrogen (secondary N) is 1. The van der Waals surface area contributed by atoms with Crippen LogP contribution in [-0.2, 0) is 0 Å². The van der Waals surface area contributed by atoms with Gasteiger partial charge in [0.05, 0.1) is 11.2 Å². The second-order valence-electron chi connectivity index (χ2n) is 6.62. The van der Waals surface area contributed by atoms with Crippen molar-refractivity contribution >= 4 is 34.1 Å². The van der Waals surface area contributed by atoms with Crippen molar-refractivity contribution in [3.63, 3.8) is 0 Å². The lowest BCUT2D eigenvalue weighted by molar-refractivity contribution is 0.0993. The van der Waals surface area contributed by atoms with Gasteiger partial charge >= 0.3 is 0 Å². The molecule has 0 spiro atoms. The third kappa shape index (κ3) is 3.84. The van der Waals surface area contributed by atoms with Gasteiger partial charge in [-0.25, -0.2) is 0 Å². The first-order valence-electron chi connectivity index (χ1n) is 9.22. The van der Waals surface area contributed by atoms with Gasteiger partial charge in [-0.1, -0.05) is 42.5 Å². The van der Waals surface area contributed by atoms with Gasteiger partial charge in [-0.3, -0.25) is 14.6 Å². The van der Waals surface area contributed by atoms with E-state index in [1.807, 2.05) is 60.7 Å². The zero-order valence-electron chi connectivity index (χ0n) is 15.9. The number of rotatable bonds is 4. The maximum Gasteiger partial charge on any atom is 0.258 e. The van der Waals surface area contributed by atoms with Crippen molar-refractivity contribution in [2.45, 2.75) is 0 Å². The van der Waals surface area contributed by atoms with Gasteiger partial charge in [0.15, 0.2) is 0 Å². The Hall–Kier alpha value is -3.99. The Morgan fingerprint density at radius 1 is 0.828 bits per heavy atom. The number of para-hydroxylation sites is 2. The van der Waals surface area contributed by atoms with Crippen LogP contribution in [0, 0.1) is 0 Å². The Balaban J connectivity index is 1.58. The summed E-state index contributed by atoms with van der Waals surface area (Å²) in [4.78, 5) is 31.6. The Morgan fingerprint density at radius 3 is 2.38 bits per heavy atom. The molecule has 4 aromatic rings. The average molecular weight is 381 g/mol. The van der Waals surface area contributed by atoms with E-state index in [2.05, 4.69) is 10.3 Å². The summed E-state index contributed by atoms with van der Waals surface area (Å²) in [7, 11) is 1.71. The Kier molecular flexibility index (Phi) is 5.03. The third-order valence-corrected chi connectivity index (χ3v) is 4.70. The van der Waals surface area contributed by atoms with E-state index in [4.69, 9.17) is 0 Å². The van der Waals surface area contributed by atoms with E-state index in [1.165, 1.54) is 0 Å². The lowest BCUT2D eigenvalue weighted by Crippen LogP contribution is -2.26. The summed E-state index contributed by atoms with van der Waals surface area (Å²) in [6.45, 7) is 0. The molecule has 2 amide bonds. The van der Waals surface area contributed by atoms with Crippen molar-refractivity contribution in [3.8, 4) is 0 Å². The summed E-state index contributed by atoms with van der Waals surface area (Å²) < 4.78 is 0. The second-order valence-corrected chi connectivity index (χ2v) is 6.62. The SMILES string of the molecule is CN(C(=O)c1cccc(C(=O)Nc2cccc3cccnc23)c1)c1ccccc1. The number of nitrogens with zero attached hydrogens (tertiary/aromatic N) is 2. The molecule has 0 radical (unpaired) electrons. The van der Waals surface area contributed by atoms with E-state index in [0.717, 1.165) is 16.6 Å². The summed E-state index contributed by atoms with van der Waals surface area (Å²) >= 11 is 0. The minimum atomic E-state index is -0.292. The van der Waals surface area contributed by atoms with Gasteiger partial charge in [0.1, 0.15) is 0 Å². The zero-order valence-corrected chi connectivity index (χ0v) is 15.9.